The lowest BCUT2D eigenvalue weighted by molar-refractivity contribution is 0.201. The summed E-state index contributed by atoms with van der Waals surface area (Å²) in [5.74, 6) is 0.998. The molecule has 27 heavy (non-hydrogen) atoms. The zero-order chi connectivity index (χ0) is 19.0. The Labute approximate surface area is 160 Å². The summed E-state index contributed by atoms with van der Waals surface area (Å²) in [7, 11) is 0. The van der Waals surface area contributed by atoms with E-state index in [1.54, 1.807) is 0 Å². The predicted octanol–water partition coefficient (Wildman–Crippen LogP) is 4.66. The molecular formula is C22H26N4O. The van der Waals surface area contributed by atoms with Gasteiger partial charge in [-0.1, -0.05) is 29.8 Å². The van der Waals surface area contributed by atoms with E-state index in [1.807, 2.05) is 49.1 Å². The molecule has 2 heterocycles. The Kier molecular flexibility index (Phi) is 4.60. The van der Waals surface area contributed by atoms with Crippen LogP contribution in [-0.4, -0.2) is 33.1 Å². The van der Waals surface area contributed by atoms with E-state index in [0.29, 0.717) is 0 Å². The van der Waals surface area contributed by atoms with E-state index in [9.17, 15) is 4.79 Å². The molecule has 0 unspecified atom stereocenters. The number of hydrogen-bond donors (Lipinski definition) is 1. The number of carbonyl (C=O) groups excluding carboxylic acids is 1. The summed E-state index contributed by atoms with van der Waals surface area (Å²) in [6.45, 7) is 7.71. The maximum atomic E-state index is 12.9. The molecule has 1 aliphatic rings. The average Bonchev–Trinajstić information content (AvgIpc) is 3.23. The van der Waals surface area contributed by atoms with Gasteiger partial charge in [0, 0.05) is 18.8 Å². The van der Waals surface area contributed by atoms with Crippen molar-refractivity contribution in [1.82, 2.24) is 14.5 Å². The van der Waals surface area contributed by atoms with Gasteiger partial charge in [-0.15, -0.1) is 0 Å². The molecule has 1 aliphatic heterocycles. The summed E-state index contributed by atoms with van der Waals surface area (Å²) in [6, 6.07) is 14.5. The molecule has 0 bridgehead atoms. The van der Waals surface area contributed by atoms with Crippen molar-refractivity contribution in [3.05, 3.63) is 59.4 Å². The first kappa shape index (κ1) is 17.6. The van der Waals surface area contributed by atoms with Gasteiger partial charge in [0.25, 0.3) is 0 Å². The number of likely N-dealkylation sites (tertiary alicyclic amines) is 1. The molecule has 2 amide bonds. The smallest absolute Gasteiger partial charge is 0.322 e. The van der Waals surface area contributed by atoms with Gasteiger partial charge < -0.3 is 14.8 Å². The minimum Gasteiger partial charge on any atom is -0.326 e. The van der Waals surface area contributed by atoms with Crippen LogP contribution in [0.2, 0.25) is 0 Å². The van der Waals surface area contributed by atoms with Crippen molar-refractivity contribution in [2.45, 2.75) is 46.2 Å². The molecule has 1 fully saturated rings. The molecule has 0 spiro atoms. The number of hydrogen-bond acceptors (Lipinski definition) is 2. The minimum absolute atomic E-state index is 0.00785. The summed E-state index contributed by atoms with van der Waals surface area (Å²) in [5.41, 5.74) is 5.33. The van der Waals surface area contributed by atoms with Crippen molar-refractivity contribution in [1.29, 1.82) is 0 Å². The van der Waals surface area contributed by atoms with E-state index in [4.69, 9.17) is 0 Å². The lowest BCUT2D eigenvalue weighted by Crippen LogP contribution is -2.41. The largest absolute Gasteiger partial charge is 0.326 e. The molecule has 4 rings (SSSR count). The highest BCUT2D eigenvalue weighted by atomic mass is 16.2. The Morgan fingerprint density at radius 1 is 1.19 bits per heavy atom. The molecule has 1 N–H and O–H groups in total. The molecule has 1 atom stereocenters. The summed E-state index contributed by atoms with van der Waals surface area (Å²) in [6.07, 6.45) is 2.06. The Balaban J connectivity index is 1.53. The number of aromatic nitrogens is 2. The third kappa shape index (κ3) is 3.42. The van der Waals surface area contributed by atoms with Crippen LogP contribution in [0.5, 0.6) is 0 Å². The van der Waals surface area contributed by atoms with Crippen LogP contribution in [0.4, 0.5) is 10.5 Å². The topological polar surface area (TPSA) is 50.2 Å². The van der Waals surface area contributed by atoms with Gasteiger partial charge in [-0.2, -0.15) is 0 Å². The number of benzene rings is 2. The lowest BCUT2D eigenvalue weighted by atomic mass is 10.1. The fourth-order valence-electron chi connectivity index (χ4n) is 4.07. The second-order valence-electron chi connectivity index (χ2n) is 7.50. The molecule has 1 saturated heterocycles. The summed E-state index contributed by atoms with van der Waals surface area (Å²) in [5, 5.41) is 3.10. The van der Waals surface area contributed by atoms with Gasteiger partial charge in [0.05, 0.1) is 17.1 Å². The molecule has 5 heteroatoms. The predicted molar refractivity (Wildman–Crippen MR) is 109 cm³/mol. The van der Waals surface area contributed by atoms with Gasteiger partial charge >= 0.3 is 6.03 Å². The van der Waals surface area contributed by atoms with Gasteiger partial charge in [0.1, 0.15) is 5.82 Å². The Bertz CT molecular complexity index is 991. The second kappa shape index (κ2) is 7.06. The number of rotatable bonds is 3. The van der Waals surface area contributed by atoms with Crippen LogP contribution in [0.1, 0.15) is 29.8 Å². The average molecular weight is 362 g/mol. The molecule has 0 saturated carbocycles. The number of carbonyl (C=O) groups is 1. The first-order chi connectivity index (χ1) is 13.0. The minimum atomic E-state index is -0.00785. The molecule has 0 aliphatic carbocycles. The van der Waals surface area contributed by atoms with Crippen LogP contribution >= 0.6 is 0 Å². The maximum Gasteiger partial charge on any atom is 0.322 e. The van der Waals surface area contributed by atoms with Crippen LogP contribution in [0.15, 0.2) is 42.5 Å². The first-order valence-electron chi connectivity index (χ1n) is 9.59. The van der Waals surface area contributed by atoms with E-state index in [0.717, 1.165) is 54.0 Å². The van der Waals surface area contributed by atoms with Crippen molar-refractivity contribution in [2.75, 3.05) is 11.9 Å². The SMILES string of the molecule is Cc1ccc(NC(=O)N2CCC[C@@H]2Cn2c(C)nc3ccccc32)c(C)c1. The van der Waals surface area contributed by atoms with E-state index in [2.05, 4.69) is 33.9 Å². The molecule has 2 aromatic carbocycles. The number of fused-ring (bicyclic) bond motifs is 1. The number of para-hydroxylation sites is 2. The van der Waals surface area contributed by atoms with E-state index >= 15 is 0 Å². The molecule has 1 aromatic heterocycles. The monoisotopic (exact) mass is 362 g/mol. The molecule has 140 valence electrons. The summed E-state index contributed by atoms with van der Waals surface area (Å²) >= 11 is 0. The fourth-order valence-corrected chi connectivity index (χ4v) is 4.07. The van der Waals surface area contributed by atoms with Crippen LogP contribution in [0.25, 0.3) is 11.0 Å². The Morgan fingerprint density at radius 2 is 2.00 bits per heavy atom. The molecule has 0 radical (unpaired) electrons. The molecule has 5 nitrogen and oxygen atoms in total. The van der Waals surface area contributed by atoms with Crippen LogP contribution in [0.3, 0.4) is 0 Å². The van der Waals surface area contributed by atoms with Crippen LogP contribution < -0.4 is 5.32 Å². The van der Waals surface area contributed by atoms with Crippen LogP contribution in [0, 0.1) is 20.8 Å². The summed E-state index contributed by atoms with van der Waals surface area (Å²) in [4.78, 5) is 19.6. The Morgan fingerprint density at radius 3 is 2.81 bits per heavy atom. The highest BCUT2D eigenvalue weighted by Crippen LogP contribution is 2.24. The van der Waals surface area contributed by atoms with Gasteiger partial charge in [-0.3, -0.25) is 0 Å². The standard InChI is InChI=1S/C22H26N4O/c1-15-10-11-19(16(2)13-15)24-22(27)25-12-6-7-18(25)14-26-17(3)23-20-8-4-5-9-21(20)26/h4-5,8-11,13,18H,6-7,12,14H2,1-3H3,(H,24,27)/t18-/m1/s1. The van der Waals surface area contributed by atoms with Gasteiger partial charge in [-0.05, 0) is 57.4 Å². The van der Waals surface area contributed by atoms with Crippen LogP contribution in [-0.2, 0) is 6.54 Å². The van der Waals surface area contributed by atoms with Gasteiger partial charge in [-0.25, -0.2) is 9.78 Å². The second-order valence-corrected chi connectivity index (χ2v) is 7.50. The number of nitrogens with zero attached hydrogens (tertiary/aromatic N) is 3. The highest BCUT2D eigenvalue weighted by Gasteiger charge is 2.30. The van der Waals surface area contributed by atoms with E-state index in [1.165, 1.54) is 5.56 Å². The van der Waals surface area contributed by atoms with Crippen molar-refractivity contribution >= 4 is 22.8 Å². The third-order valence-corrected chi connectivity index (χ3v) is 5.50. The number of nitrogens with one attached hydrogen (secondary N) is 1. The van der Waals surface area contributed by atoms with Gasteiger partial charge in [0.2, 0.25) is 0 Å². The van der Waals surface area contributed by atoms with Gasteiger partial charge in [0.15, 0.2) is 0 Å². The molecular weight excluding hydrogens is 336 g/mol. The quantitative estimate of drug-likeness (QED) is 0.737. The number of imidazole rings is 1. The Hall–Kier alpha value is -2.82. The highest BCUT2D eigenvalue weighted by molar-refractivity contribution is 5.90. The number of anilines is 1. The van der Waals surface area contributed by atoms with E-state index < -0.39 is 0 Å². The fraction of sp³-hybridized carbons (Fsp3) is 0.364. The zero-order valence-corrected chi connectivity index (χ0v) is 16.2. The summed E-state index contributed by atoms with van der Waals surface area (Å²) < 4.78 is 2.24. The van der Waals surface area contributed by atoms with E-state index in [-0.39, 0.29) is 12.1 Å². The number of urea groups is 1. The van der Waals surface area contributed by atoms with Crippen molar-refractivity contribution in [3.63, 3.8) is 0 Å². The first-order valence-corrected chi connectivity index (χ1v) is 9.59. The third-order valence-electron chi connectivity index (χ3n) is 5.50. The maximum absolute atomic E-state index is 12.9. The van der Waals surface area contributed by atoms with Crippen molar-refractivity contribution < 1.29 is 4.79 Å². The number of amides is 2. The van der Waals surface area contributed by atoms with Crippen molar-refractivity contribution in [3.8, 4) is 0 Å². The zero-order valence-electron chi connectivity index (χ0n) is 16.2. The van der Waals surface area contributed by atoms with Crippen molar-refractivity contribution in [2.24, 2.45) is 0 Å². The normalized spacial score (nSPS) is 16.9. The number of aryl methyl sites for hydroxylation is 3. The lowest BCUT2D eigenvalue weighted by Gasteiger charge is -2.26. The molecule has 3 aromatic rings.